The summed E-state index contributed by atoms with van der Waals surface area (Å²) >= 11 is 0. The first-order valence-corrected chi connectivity index (χ1v) is 4.93. The van der Waals surface area contributed by atoms with Crippen LogP contribution >= 0.6 is 0 Å². The monoisotopic (exact) mass is 214 g/mol. The van der Waals surface area contributed by atoms with Crippen molar-refractivity contribution in [2.24, 2.45) is 0 Å². The van der Waals surface area contributed by atoms with E-state index in [0.29, 0.717) is 26.1 Å². The highest BCUT2D eigenvalue weighted by Crippen LogP contribution is 2.04. The van der Waals surface area contributed by atoms with Gasteiger partial charge < -0.3 is 9.84 Å². The number of ether oxygens (including phenoxy) is 1. The topological polar surface area (TPSA) is 73.6 Å². The van der Waals surface area contributed by atoms with E-state index in [4.69, 9.17) is 15.1 Å². The Bertz CT molecular complexity index is 225. The van der Waals surface area contributed by atoms with Crippen LogP contribution in [0.3, 0.4) is 0 Å². The average molecular weight is 214 g/mol. The van der Waals surface area contributed by atoms with Gasteiger partial charge in [0, 0.05) is 32.7 Å². The molecule has 0 amide bonds. The quantitative estimate of drug-likeness (QED) is 0.644. The minimum absolute atomic E-state index is 0.0639. The molecular formula is C10H18N2O3. The Morgan fingerprint density at radius 1 is 1.60 bits per heavy atom. The van der Waals surface area contributed by atoms with Crippen LogP contribution in [0.15, 0.2) is 0 Å². The molecule has 0 saturated heterocycles. The summed E-state index contributed by atoms with van der Waals surface area (Å²) < 4.78 is 4.94. The Kier molecular flexibility index (Phi) is 7.60. The molecular weight excluding hydrogens is 196 g/mol. The molecule has 1 unspecified atom stereocenters. The molecule has 15 heavy (non-hydrogen) atoms. The van der Waals surface area contributed by atoms with E-state index in [0.717, 1.165) is 0 Å². The molecule has 0 fully saturated rings. The van der Waals surface area contributed by atoms with Crippen molar-refractivity contribution in [3.8, 4) is 6.07 Å². The highest BCUT2D eigenvalue weighted by molar-refractivity contribution is 5.67. The molecule has 0 aromatic carbocycles. The molecule has 0 aliphatic heterocycles. The van der Waals surface area contributed by atoms with Crippen molar-refractivity contribution in [3.05, 3.63) is 0 Å². The fourth-order valence-corrected chi connectivity index (χ4v) is 1.34. The molecule has 1 atom stereocenters. The van der Waals surface area contributed by atoms with Crippen molar-refractivity contribution in [1.29, 1.82) is 5.26 Å². The van der Waals surface area contributed by atoms with Crippen molar-refractivity contribution in [2.75, 3.05) is 26.8 Å². The lowest BCUT2D eigenvalue weighted by atomic mass is 10.2. The van der Waals surface area contributed by atoms with Crippen LogP contribution < -0.4 is 0 Å². The lowest BCUT2D eigenvalue weighted by Crippen LogP contribution is -2.37. The van der Waals surface area contributed by atoms with Crippen LogP contribution in [0.1, 0.15) is 19.8 Å². The molecule has 0 saturated carbocycles. The number of carboxylic acid groups (broad SMARTS) is 1. The van der Waals surface area contributed by atoms with Gasteiger partial charge in [0.05, 0.1) is 19.1 Å². The second kappa shape index (κ2) is 8.21. The molecule has 5 nitrogen and oxygen atoms in total. The highest BCUT2D eigenvalue weighted by atomic mass is 16.5. The van der Waals surface area contributed by atoms with Gasteiger partial charge in [-0.1, -0.05) is 0 Å². The number of methoxy groups -OCH3 is 1. The lowest BCUT2D eigenvalue weighted by Gasteiger charge is -2.26. The summed E-state index contributed by atoms with van der Waals surface area (Å²) in [5.74, 6) is -0.818. The number of rotatable bonds is 8. The van der Waals surface area contributed by atoms with E-state index < -0.39 is 5.97 Å². The summed E-state index contributed by atoms with van der Waals surface area (Å²) in [6.45, 7) is 3.65. The number of nitrogens with zero attached hydrogens (tertiary/aromatic N) is 2. The van der Waals surface area contributed by atoms with Gasteiger partial charge in [0.1, 0.15) is 0 Å². The van der Waals surface area contributed by atoms with Crippen LogP contribution in [0.4, 0.5) is 0 Å². The number of carbonyl (C=O) groups is 1. The van der Waals surface area contributed by atoms with E-state index in [1.807, 2.05) is 11.8 Å². The molecule has 0 heterocycles. The van der Waals surface area contributed by atoms with Crippen LogP contribution in [-0.2, 0) is 9.53 Å². The molecule has 0 aromatic rings. The number of carboxylic acids is 1. The normalized spacial score (nSPS) is 12.4. The third-order valence-electron chi connectivity index (χ3n) is 2.19. The van der Waals surface area contributed by atoms with Crippen molar-refractivity contribution < 1.29 is 14.6 Å². The molecule has 0 rings (SSSR count). The van der Waals surface area contributed by atoms with Crippen LogP contribution in [0.5, 0.6) is 0 Å². The first-order valence-electron chi connectivity index (χ1n) is 4.93. The zero-order valence-corrected chi connectivity index (χ0v) is 9.27. The molecule has 0 bridgehead atoms. The van der Waals surface area contributed by atoms with Gasteiger partial charge in [-0.05, 0) is 6.92 Å². The molecule has 86 valence electrons. The first kappa shape index (κ1) is 13.9. The molecule has 0 radical (unpaired) electrons. The van der Waals surface area contributed by atoms with Gasteiger partial charge in [-0.3, -0.25) is 9.69 Å². The minimum atomic E-state index is -0.818. The molecule has 5 heteroatoms. The predicted octanol–water partition coefficient (Wildman–Crippen LogP) is 0.712. The first-order chi connectivity index (χ1) is 7.11. The van der Waals surface area contributed by atoms with Crippen LogP contribution in [0.2, 0.25) is 0 Å². The van der Waals surface area contributed by atoms with Crippen LogP contribution in [0.25, 0.3) is 0 Å². The molecule has 0 aliphatic carbocycles. The van der Waals surface area contributed by atoms with E-state index in [-0.39, 0.29) is 12.5 Å². The largest absolute Gasteiger partial charge is 0.481 e. The van der Waals surface area contributed by atoms with Gasteiger partial charge in [0.25, 0.3) is 0 Å². The third kappa shape index (κ3) is 6.89. The van der Waals surface area contributed by atoms with Crippen molar-refractivity contribution in [2.45, 2.75) is 25.8 Å². The van der Waals surface area contributed by atoms with Gasteiger partial charge in [0.2, 0.25) is 0 Å². The van der Waals surface area contributed by atoms with E-state index in [2.05, 4.69) is 6.07 Å². The fraction of sp³-hybridized carbons (Fsp3) is 0.800. The maximum atomic E-state index is 10.5. The smallest absolute Gasteiger partial charge is 0.304 e. The maximum absolute atomic E-state index is 10.5. The Labute approximate surface area is 90.2 Å². The number of aliphatic carboxylic acids is 1. The fourth-order valence-electron chi connectivity index (χ4n) is 1.34. The Morgan fingerprint density at radius 2 is 2.27 bits per heavy atom. The standard InChI is InChI=1S/C10H18N2O3/c1-9(8-10(13)14)12(5-3-4-11)6-7-15-2/h9H,3,5-8H2,1-2H3,(H,13,14). The van der Waals surface area contributed by atoms with Crippen molar-refractivity contribution in [3.63, 3.8) is 0 Å². The van der Waals surface area contributed by atoms with Gasteiger partial charge in [-0.2, -0.15) is 5.26 Å². The zero-order valence-electron chi connectivity index (χ0n) is 9.27. The lowest BCUT2D eigenvalue weighted by molar-refractivity contribution is -0.138. The Hall–Kier alpha value is -1.12. The third-order valence-corrected chi connectivity index (χ3v) is 2.19. The van der Waals surface area contributed by atoms with Gasteiger partial charge in [-0.15, -0.1) is 0 Å². The Balaban J connectivity index is 4.07. The van der Waals surface area contributed by atoms with E-state index >= 15 is 0 Å². The number of hydrogen-bond donors (Lipinski definition) is 1. The predicted molar refractivity (Wildman–Crippen MR) is 55.4 cm³/mol. The highest BCUT2D eigenvalue weighted by Gasteiger charge is 2.15. The summed E-state index contributed by atoms with van der Waals surface area (Å²) in [6.07, 6.45) is 0.503. The number of hydrogen-bond acceptors (Lipinski definition) is 4. The minimum Gasteiger partial charge on any atom is -0.481 e. The SMILES string of the molecule is COCCN(CCC#N)C(C)CC(=O)O. The summed E-state index contributed by atoms with van der Waals surface area (Å²) in [4.78, 5) is 12.5. The molecule has 0 aromatic heterocycles. The molecule has 0 aliphatic rings. The average Bonchev–Trinajstić information content (AvgIpc) is 2.17. The summed E-state index contributed by atoms with van der Waals surface area (Å²) in [5.41, 5.74) is 0. The summed E-state index contributed by atoms with van der Waals surface area (Å²) in [6, 6.07) is 1.99. The van der Waals surface area contributed by atoms with Crippen molar-refractivity contribution in [1.82, 2.24) is 4.90 Å². The van der Waals surface area contributed by atoms with Gasteiger partial charge in [-0.25, -0.2) is 0 Å². The molecule has 1 N–H and O–H groups in total. The summed E-state index contributed by atoms with van der Waals surface area (Å²) in [5, 5.41) is 17.1. The summed E-state index contributed by atoms with van der Waals surface area (Å²) in [7, 11) is 1.60. The zero-order chi connectivity index (χ0) is 11.7. The second-order valence-electron chi connectivity index (χ2n) is 3.38. The van der Waals surface area contributed by atoms with Crippen LogP contribution in [0, 0.1) is 11.3 Å². The van der Waals surface area contributed by atoms with Crippen LogP contribution in [-0.4, -0.2) is 48.8 Å². The maximum Gasteiger partial charge on any atom is 0.304 e. The number of nitriles is 1. The Morgan fingerprint density at radius 3 is 2.73 bits per heavy atom. The second-order valence-corrected chi connectivity index (χ2v) is 3.38. The van der Waals surface area contributed by atoms with E-state index in [1.54, 1.807) is 7.11 Å². The van der Waals surface area contributed by atoms with Crippen molar-refractivity contribution >= 4 is 5.97 Å². The van der Waals surface area contributed by atoms with Gasteiger partial charge >= 0.3 is 5.97 Å². The molecule has 0 spiro atoms. The van der Waals surface area contributed by atoms with Gasteiger partial charge in [0.15, 0.2) is 0 Å². The van der Waals surface area contributed by atoms with E-state index in [9.17, 15) is 4.79 Å². The van der Waals surface area contributed by atoms with E-state index in [1.165, 1.54) is 0 Å².